The number of ether oxygens (including phenoxy) is 1. The molecule has 1 saturated heterocycles. The fourth-order valence-corrected chi connectivity index (χ4v) is 2.21. The lowest BCUT2D eigenvalue weighted by molar-refractivity contribution is -0.159. The second-order valence-electron chi connectivity index (χ2n) is 3.42. The molecule has 0 radical (unpaired) electrons. The molecule has 1 heterocycles. The molecular formula is C8H12O3. The van der Waals surface area contributed by atoms with Crippen LogP contribution in [0, 0.1) is 11.8 Å². The van der Waals surface area contributed by atoms with Crippen molar-refractivity contribution in [2.45, 2.75) is 25.4 Å². The van der Waals surface area contributed by atoms with Crippen LogP contribution in [-0.2, 0) is 9.53 Å². The lowest BCUT2D eigenvalue weighted by atomic mass is 9.91. The van der Waals surface area contributed by atoms with Crippen LogP contribution in [0.25, 0.3) is 0 Å². The monoisotopic (exact) mass is 156 g/mol. The highest BCUT2D eigenvalue weighted by Crippen LogP contribution is 2.40. The molecule has 2 fully saturated rings. The van der Waals surface area contributed by atoms with Crippen molar-refractivity contribution in [3.8, 4) is 0 Å². The number of fused-ring (bicyclic) bond motifs is 2. The van der Waals surface area contributed by atoms with Crippen LogP contribution in [0.2, 0.25) is 0 Å². The maximum Gasteiger partial charge on any atom is 0.306 e. The Morgan fingerprint density at radius 3 is 3.00 bits per heavy atom. The second kappa shape index (κ2) is 2.48. The first kappa shape index (κ1) is 7.10. The van der Waals surface area contributed by atoms with Crippen molar-refractivity contribution in [2.24, 2.45) is 11.8 Å². The maximum atomic E-state index is 10.9. The molecular weight excluding hydrogens is 144 g/mol. The molecule has 3 nitrogen and oxygen atoms in total. The van der Waals surface area contributed by atoms with Gasteiger partial charge in [0.1, 0.15) is 6.10 Å². The van der Waals surface area contributed by atoms with E-state index in [1.807, 2.05) is 0 Å². The van der Waals surface area contributed by atoms with E-state index in [9.17, 15) is 4.79 Å². The fourth-order valence-electron chi connectivity index (χ4n) is 2.21. The van der Waals surface area contributed by atoms with Crippen LogP contribution in [0.15, 0.2) is 0 Å². The maximum absolute atomic E-state index is 10.9. The van der Waals surface area contributed by atoms with Crippen LogP contribution in [0.5, 0.6) is 0 Å². The Morgan fingerprint density at radius 2 is 2.36 bits per heavy atom. The average molecular weight is 156 g/mol. The van der Waals surface area contributed by atoms with Gasteiger partial charge in [0.25, 0.3) is 0 Å². The Balaban J connectivity index is 2.12. The Labute approximate surface area is 65.4 Å². The molecule has 2 aliphatic rings. The predicted octanol–water partition coefficient (Wildman–Crippen LogP) is 0.320. The van der Waals surface area contributed by atoms with Gasteiger partial charge in [0.15, 0.2) is 0 Å². The van der Waals surface area contributed by atoms with Crippen LogP contribution < -0.4 is 0 Å². The zero-order valence-electron chi connectivity index (χ0n) is 6.32. The van der Waals surface area contributed by atoms with Gasteiger partial charge >= 0.3 is 5.97 Å². The largest absolute Gasteiger partial charge is 0.462 e. The van der Waals surface area contributed by atoms with Gasteiger partial charge in [-0.15, -0.1) is 0 Å². The summed E-state index contributed by atoms with van der Waals surface area (Å²) in [6.45, 7) is 0.169. The molecule has 1 saturated carbocycles. The average Bonchev–Trinajstić information content (AvgIpc) is 2.23. The van der Waals surface area contributed by atoms with Gasteiger partial charge < -0.3 is 9.84 Å². The van der Waals surface area contributed by atoms with E-state index < -0.39 is 0 Å². The van der Waals surface area contributed by atoms with Crippen LogP contribution in [0.4, 0.5) is 0 Å². The second-order valence-corrected chi connectivity index (χ2v) is 3.42. The predicted molar refractivity (Wildman–Crippen MR) is 37.8 cm³/mol. The molecule has 2 bridgehead atoms. The standard InChI is InChI=1S/C8H12O3/c9-4-6-5-1-2-7(6)11-8(10)3-5/h5-7,9H,1-4H2. The van der Waals surface area contributed by atoms with E-state index >= 15 is 0 Å². The van der Waals surface area contributed by atoms with Gasteiger partial charge in [-0.25, -0.2) is 0 Å². The topological polar surface area (TPSA) is 46.5 Å². The number of aliphatic hydroxyl groups is 1. The van der Waals surface area contributed by atoms with Crippen LogP contribution in [0.1, 0.15) is 19.3 Å². The minimum Gasteiger partial charge on any atom is -0.462 e. The van der Waals surface area contributed by atoms with E-state index in [4.69, 9.17) is 9.84 Å². The van der Waals surface area contributed by atoms with Crippen molar-refractivity contribution in [1.82, 2.24) is 0 Å². The first-order valence-electron chi connectivity index (χ1n) is 4.11. The molecule has 11 heavy (non-hydrogen) atoms. The van der Waals surface area contributed by atoms with Crippen LogP contribution >= 0.6 is 0 Å². The van der Waals surface area contributed by atoms with E-state index in [0.717, 1.165) is 12.8 Å². The number of carbonyl (C=O) groups is 1. The third kappa shape index (κ3) is 1.03. The van der Waals surface area contributed by atoms with Gasteiger partial charge in [0.05, 0.1) is 0 Å². The van der Waals surface area contributed by atoms with Gasteiger partial charge in [-0.2, -0.15) is 0 Å². The van der Waals surface area contributed by atoms with Gasteiger partial charge in [-0.3, -0.25) is 4.79 Å². The third-order valence-corrected chi connectivity index (χ3v) is 2.83. The summed E-state index contributed by atoms with van der Waals surface area (Å²) in [5.74, 6) is 0.543. The number of hydrogen-bond donors (Lipinski definition) is 1. The van der Waals surface area contributed by atoms with Crippen LogP contribution in [-0.4, -0.2) is 23.8 Å². The molecule has 1 N–H and O–H groups in total. The van der Waals surface area contributed by atoms with Crippen molar-refractivity contribution >= 4 is 5.97 Å². The molecule has 1 aliphatic carbocycles. The Hall–Kier alpha value is -0.570. The summed E-state index contributed by atoms with van der Waals surface area (Å²) < 4.78 is 5.08. The molecule has 0 aromatic heterocycles. The minimum absolute atomic E-state index is 0.0197. The van der Waals surface area contributed by atoms with Gasteiger partial charge in [-0.1, -0.05) is 0 Å². The summed E-state index contributed by atoms with van der Waals surface area (Å²) in [7, 11) is 0. The summed E-state index contributed by atoms with van der Waals surface area (Å²) in [5.41, 5.74) is 0. The number of hydrogen-bond acceptors (Lipinski definition) is 3. The molecule has 1 aliphatic heterocycles. The highest BCUT2D eigenvalue weighted by Gasteiger charge is 2.43. The zero-order chi connectivity index (χ0) is 7.84. The van der Waals surface area contributed by atoms with E-state index in [-0.39, 0.29) is 24.6 Å². The highest BCUT2D eigenvalue weighted by molar-refractivity contribution is 5.71. The molecule has 3 unspecified atom stereocenters. The van der Waals surface area contributed by atoms with Crippen molar-refractivity contribution < 1.29 is 14.6 Å². The quantitative estimate of drug-likeness (QED) is 0.556. The lowest BCUT2D eigenvalue weighted by Gasteiger charge is -2.27. The minimum atomic E-state index is -0.0813. The summed E-state index contributed by atoms with van der Waals surface area (Å²) in [5, 5.41) is 8.97. The fraction of sp³-hybridized carbons (Fsp3) is 0.875. The van der Waals surface area contributed by atoms with E-state index in [1.165, 1.54) is 0 Å². The van der Waals surface area contributed by atoms with Gasteiger partial charge in [-0.05, 0) is 18.8 Å². The van der Waals surface area contributed by atoms with Crippen molar-refractivity contribution in [2.75, 3.05) is 6.61 Å². The number of esters is 1. The van der Waals surface area contributed by atoms with Gasteiger partial charge in [0.2, 0.25) is 0 Å². The van der Waals surface area contributed by atoms with Crippen molar-refractivity contribution in [3.05, 3.63) is 0 Å². The first-order valence-corrected chi connectivity index (χ1v) is 4.11. The van der Waals surface area contributed by atoms with Crippen molar-refractivity contribution in [1.29, 1.82) is 0 Å². The SMILES string of the molecule is O=C1CC2CCC(O1)C2CO. The highest BCUT2D eigenvalue weighted by atomic mass is 16.5. The normalized spacial score (nSPS) is 42.3. The zero-order valence-corrected chi connectivity index (χ0v) is 6.32. The van der Waals surface area contributed by atoms with Gasteiger partial charge in [0, 0.05) is 18.9 Å². The molecule has 0 amide bonds. The number of aliphatic hydroxyl groups excluding tert-OH is 1. The molecule has 0 aromatic rings. The lowest BCUT2D eigenvalue weighted by Crippen LogP contribution is -2.34. The van der Waals surface area contributed by atoms with Crippen LogP contribution in [0.3, 0.4) is 0 Å². The summed E-state index contributed by atoms with van der Waals surface area (Å²) in [4.78, 5) is 10.9. The summed E-state index contributed by atoms with van der Waals surface area (Å²) in [6.07, 6.45) is 2.52. The smallest absolute Gasteiger partial charge is 0.306 e. The van der Waals surface area contributed by atoms with E-state index in [2.05, 4.69) is 0 Å². The molecule has 0 aromatic carbocycles. The summed E-state index contributed by atoms with van der Waals surface area (Å²) >= 11 is 0. The first-order chi connectivity index (χ1) is 5.31. The Kier molecular flexibility index (Phi) is 1.60. The molecule has 62 valence electrons. The Morgan fingerprint density at radius 1 is 1.55 bits per heavy atom. The third-order valence-electron chi connectivity index (χ3n) is 2.83. The molecule has 2 rings (SSSR count). The Bertz CT molecular complexity index is 162. The molecule has 3 heteroatoms. The number of rotatable bonds is 1. The number of carbonyl (C=O) groups excluding carboxylic acids is 1. The molecule has 3 atom stereocenters. The summed E-state index contributed by atoms with van der Waals surface area (Å²) in [6, 6.07) is 0. The molecule has 0 spiro atoms. The van der Waals surface area contributed by atoms with E-state index in [0.29, 0.717) is 12.3 Å². The van der Waals surface area contributed by atoms with Crippen molar-refractivity contribution in [3.63, 3.8) is 0 Å². The van der Waals surface area contributed by atoms with E-state index in [1.54, 1.807) is 0 Å².